The summed E-state index contributed by atoms with van der Waals surface area (Å²) in [5, 5.41) is 3.01. The van der Waals surface area contributed by atoms with Gasteiger partial charge >= 0.3 is 6.18 Å². The Balaban J connectivity index is 1.55. The fraction of sp³-hybridized carbons (Fsp3) is 0.611. The first kappa shape index (κ1) is 18.0. The van der Waals surface area contributed by atoms with E-state index in [1.807, 2.05) is 0 Å². The first-order valence-electron chi connectivity index (χ1n) is 8.68. The molecular formula is C18H23F3N2O2. The zero-order chi connectivity index (χ0) is 18.0. The van der Waals surface area contributed by atoms with Crippen molar-refractivity contribution in [3.63, 3.8) is 0 Å². The minimum Gasteiger partial charge on any atom is -0.484 e. The second-order valence-electron chi connectivity index (χ2n) is 7.09. The summed E-state index contributed by atoms with van der Waals surface area (Å²) in [4.78, 5) is 12.2. The number of halogens is 3. The molecule has 7 heteroatoms. The molecule has 2 bridgehead atoms. The summed E-state index contributed by atoms with van der Waals surface area (Å²) in [5.74, 6) is 0.519. The average molecular weight is 356 g/mol. The van der Waals surface area contributed by atoms with Crippen LogP contribution in [0.4, 0.5) is 13.2 Å². The van der Waals surface area contributed by atoms with Crippen LogP contribution in [0.5, 0.6) is 5.75 Å². The fourth-order valence-corrected chi connectivity index (χ4v) is 4.16. The van der Waals surface area contributed by atoms with Gasteiger partial charge in [-0.3, -0.25) is 4.79 Å². The highest BCUT2D eigenvalue weighted by molar-refractivity contribution is 5.78. The molecule has 2 unspecified atom stereocenters. The summed E-state index contributed by atoms with van der Waals surface area (Å²) in [6.07, 6.45) is 0.675. The molecule has 2 atom stereocenters. The van der Waals surface area contributed by atoms with Crippen molar-refractivity contribution in [1.29, 1.82) is 0 Å². The summed E-state index contributed by atoms with van der Waals surface area (Å²) in [6.45, 7) is -0.288. The van der Waals surface area contributed by atoms with Crippen LogP contribution >= 0.6 is 0 Å². The van der Waals surface area contributed by atoms with Crippen LogP contribution in [0.2, 0.25) is 0 Å². The molecule has 138 valence electrons. The van der Waals surface area contributed by atoms with Gasteiger partial charge in [-0.05, 0) is 55.7 Å². The molecule has 2 fully saturated rings. The molecule has 2 aliphatic rings. The molecule has 2 saturated carbocycles. The van der Waals surface area contributed by atoms with E-state index in [4.69, 9.17) is 10.5 Å². The Morgan fingerprint density at radius 2 is 1.92 bits per heavy atom. The van der Waals surface area contributed by atoms with Gasteiger partial charge in [-0.25, -0.2) is 0 Å². The number of ether oxygens (including phenoxy) is 1. The van der Waals surface area contributed by atoms with Gasteiger partial charge in [0.25, 0.3) is 5.91 Å². The van der Waals surface area contributed by atoms with Crippen molar-refractivity contribution in [2.75, 3.05) is 6.61 Å². The number of hydrogen-bond acceptors (Lipinski definition) is 3. The molecule has 0 heterocycles. The minimum atomic E-state index is -4.43. The van der Waals surface area contributed by atoms with Crippen molar-refractivity contribution in [2.24, 2.45) is 17.6 Å². The fourth-order valence-electron chi connectivity index (χ4n) is 4.16. The van der Waals surface area contributed by atoms with Crippen molar-refractivity contribution < 1.29 is 22.7 Å². The molecule has 0 radical (unpaired) electrons. The third kappa shape index (κ3) is 4.45. The van der Waals surface area contributed by atoms with Crippen LogP contribution in [0.15, 0.2) is 24.3 Å². The molecule has 1 aromatic carbocycles. The molecule has 3 rings (SSSR count). The number of carbonyl (C=O) groups excluding carboxylic acids is 1. The van der Waals surface area contributed by atoms with E-state index in [1.165, 1.54) is 12.1 Å². The highest BCUT2D eigenvalue weighted by atomic mass is 19.4. The number of nitrogens with one attached hydrogen (secondary N) is 1. The lowest BCUT2D eigenvalue weighted by molar-refractivity contribution is -0.137. The maximum absolute atomic E-state index is 12.7. The van der Waals surface area contributed by atoms with Crippen molar-refractivity contribution in [3.05, 3.63) is 29.8 Å². The topological polar surface area (TPSA) is 64.3 Å². The Morgan fingerprint density at radius 1 is 1.24 bits per heavy atom. The van der Waals surface area contributed by atoms with Crippen LogP contribution in [0.25, 0.3) is 0 Å². The third-order valence-corrected chi connectivity index (χ3v) is 5.24. The lowest BCUT2D eigenvalue weighted by Gasteiger charge is -2.45. The number of rotatable bonds is 4. The molecule has 0 aromatic heterocycles. The molecule has 0 spiro atoms. The van der Waals surface area contributed by atoms with Gasteiger partial charge in [-0.15, -0.1) is 0 Å². The van der Waals surface area contributed by atoms with E-state index in [0.29, 0.717) is 11.8 Å². The van der Waals surface area contributed by atoms with E-state index in [-0.39, 0.29) is 30.3 Å². The second-order valence-corrected chi connectivity index (χ2v) is 7.09. The third-order valence-electron chi connectivity index (χ3n) is 5.24. The van der Waals surface area contributed by atoms with Crippen molar-refractivity contribution in [3.8, 4) is 5.75 Å². The van der Waals surface area contributed by atoms with Gasteiger partial charge in [0.1, 0.15) is 5.75 Å². The van der Waals surface area contributed by atoms with E-state index in [2.05, 4.69) is 5.32 Å². The number of nitrogens with two attached hydrogens (primary N) is 1. The van der Waals surface area contributed by atoms with Gasteiger partial charge in [0, 0.05) is 12.1 Å². The van der Waals surface area contributed by atoms with Gasteiger partial charge in [-0.2, -0.15) is 13.2 Å². The lowest BCUT2D eigenvalue weighted by Crippen LogP contribution is -2.54. The standard InChI is InChI=1S/C18H23F3N2O2/c19-18(20,21)13-5-2-6-15(9-13)25-10-16(24)23-17-11-3-1-4-12(17)8-14(22)7-11/h2,5-6,9,11-12,14,17H,1,3-4,7-8,10,22H2,(H,23,24). The van der Waals surface area contributed by atoms with Crippen LogP contribution in [0, 0.1) is 11.8 Å². The summed E-state index contributed by atoms with van der Waals surface area (Å²) in [7, 11) is 0. The zero-order valence-corrected chi connectivity index (χ0v) is 13.9. The smallest absolute Gasteiger partial charge is 0.416 e. The highest BCUT2D eigenvalue weighted by Crippen LogP contribution is 2.39. The van der Waals surface area contributed by atoms with Gasteiger partial charge in [0.2, 0.25) is 0 Å². The first-order valence-corrected chi connectivity index (χ1v) is 8.68. The molecule has 4 nitrogen and oxygen atoms in total. The summed E-state index contributed by atoms with van der Waals surface area (Å²) in [6, 6.07) is 4.86. The van der Waals surface area contributed by atoms with Crippen molar-refractivity contribution in [2.45, 2.75) is 50.4 Å². The van der Waals surface area contributed by atoms with E-state index in [9.17, 15) is 18.0 Å². The Morgan fingerprint density at radius 3 is 2.56 bits per heavy atom. The molecule has 0 saturated heterocycles. The normalized spacial score (nSPS) is 29.1. The van der Waals surface area contributed by atoms with Crippen LogP contribution < -0.4 is 15.8 Å². The predicted octanol–water partition coefficient (Wildman–Crippen LogP) is 3.11. The van der Waals surface area contributed by atoms with E-state index < -0.39 is 11.7 Å². The number of carbonyl (C=O) groups is 1. The zero-order valence-electron chi connectivity index (χ0n) is 13.9. The SMILES string of the molecule is NC1CC2CCCC(C1)C2NC(=O)COc1cccc(C(F)(F)F)c1. The summed E-state index contributed by atoms with van der Waals surface area (Å²) in [5.41, 5.74) is 5.28. The predicted molar refractivity (Wildman–Crippen MR) is 86.9 cm³/mol. The maximum Gasteiger partial charge on any atom is 0.416 e. The Hall–Kier alpha value is -1.76. The Kier molecular flexibility index (Phi) is 5.22. The van der Waals surface area contributed by atoms with Gasteiger partial charge in [0.05, 0.1) is 5.56 Å². The van der Waals surface area contributed by atoms with Crippen molar-refractivity contribution >= 4 is 5.91 Å². The minimum absolute atomic E-state index is 0.0378. The second kappa shape index (κ2) is 7.23. The van der Waals surface area contributed by atoms with Crippen molar-refractivity contribution in [1.82, 2.24) is 5.32 Å². The van der Waals surface area contributed by atoms with Gasteiger partial charge in [-0.1, -0.05) is 12.5 Å². The number of amides is 1. The van der Waals surface area contributed by atoms with Crippen LogP contribution in [0.3, 0.4) is 0 Å². The van der Waals surface area contributed by atoms with Crippen LogP contribution in [-0.2, 0) is 11.0 Å². The Bertz CT molecular complexity index is 607. The number of benzene rings is 1. The first-order chi connectivity index (χ1) is 11.8. The number of fused-ring (bicyclic) bond motifs is 2. The molecule has 25 heavy (non-hydrogen) atoms. The number of alkyl halides is 3. The molecule has 1 amide bonds. The van der Waals surface area contributed by atoms with Gasteiger partial charge < -0.3 is 15.8 Å². The van der Waals surface area contributed by atoms with E-state index >= 15 is 0 Å². The summed E-state index contributed by atoms with van der Waals surface area (Å²) >= 11 is 0. The van der Waals surface area contributed by atoms with E-state index in [1.54, 1.807) is 0 Å². The monoisotopic (exact) mass is 356 g/mol. The number of hydrogen-bond donors (Lipinski definition) is 2. The van der Waals surface area contributed by atoms with E-state index in [0.717, 1.165) is 44.2 Å². The maximum atomic E-state index is 12.7. The molecule has 0 aliphatic heterocycles. The lowest BCUT2D eigenvalue weighted by atomic mass is 9.67. The average Bonchev–Trinajstić information content (AvgIpc) is 2.53. The quantitative estimate of drug-likeness (QED) is 0.871. The Labute approximate surface area is 144 Å². The van der Waals surface area contributed by atoms with Gasteiger partial charge in [0.15, 0.2) is 6.61 Å². The highest BCUT2D eigenvalue weighted by Gasteiger charge is 2.39. The molecule has 2 aliphatic carbocycles. The largest absolute Gasteiger partial charge is 0.484 e. The molecular weight excluding hydrogens is 333 g/mol. The molecule has 3 N–H and O–H groups in total. The van der Waals surface area contributed by atoms with Crippen LogP contribution in [-0.4, -0.2) is 24.6 Å². The van der Waals surface area contributed by atoms with Crippen LogP contribution in [0.1, 0.15) is 37.7 Å². The summed E-state index contributed by atoms with van der Waals surface area (Å²) < 4.78 is 43.3. The molecule has 1 aromatic rings.